The number of benzene rings is 4. The summed E-state index contributed by atoms with van der Waals surface area (Å²) in [5.74, 6) is -6.26. The molecule has 0 spiro atoms. The lowest BCUT2D eigenvalue weighted by Crippen LogP contribution is -2.63. The normalized spacial score (nSPS) is 21.6. The van der Waals surface area contributed by atoms with Gasteiger partial charge in [-0.15, -0.1) is 0 Å². The molecule has 0 bridgehead atoms. The van der Waals surface area contributed by atoms with E-state index in [0.717, 1.165) is 43.6 Å². The third kappa shape index (κ3) is 16.9. The molecule has 1 aliphatic heterocycles. The number of carbonyl (C=O) groups excluding carboxylic acids is 8. The van der Waals surface area contributed by atoms with Crippen molar-refractivity contribution in [3.05, 3.63) is 144 Å². The van der Waals surface area contributed by atoms with Crippen molar-refractivity contribution in [2.75, 3.05) is 26.2 Å². The van der Waals surface area contributed by atoms with Gasteiger partial charge in [0, 0.05) is 120 Å². The van der Waals surface area contributed by atoms with Crippen molar-refractivity contribution in [1.29, 1.82) is 0 Å². The summed E-state index contributed by atoms with van der Waals surface area (Å²) in [5.41, 5.74) is 18.7. The van der Waals surface area contributed by atoms with Crippen LogP contribution in [0.3, 0.4) is 0 Å². The number of amides is 8. The molecular formula is C72H94N14O8. The number of fused-ring (bicyclic) bond motifs is 4. The Morgan fingerprint density at radius 1 is 0.330 bits per heavy atom. The second-order valence-corrected chi connectivity index (χ2v) is 26.8. The van der Waals surface area contributed by atoms with Gasteiger partial charge in [-0.1, -0.05) is 128 Å². The van der Waals surface area contributed by atoms with E-state index in [1.165, 1.54) is 9.80 Å². The second kappa shape index (κ2) is 31.6. The van der Waals surface area contributed by atoms with Crippen molar-refractivity contribution >= 4 is 90.9 Å². The summed E-state index contributed by atoms with van der Waals surface area (Å²) in [7, 11) is 0. The lowest BCUT2D eigenvalue weighted by Gasteiger charge is -2.36. The number of aromatic amines is 4. The molecule has 9 rings (SSSR count). The van der Waals surface area contributed by atoms with E-state index in [9.17, 15) is 0 Å². The first kappa shape index (κ1) is 69.1. The third-order valence-electron chi connectivity index (χ3n) is 17.6. The van der Waals surface area contributed by atoms with Crippen LogP contribution in [-0.4, -0.2) is 152 Å². The molecule has 0 aliphatic carbocycles. The number of hydrogen-bond acceptors (Lipinski definition) is 10. The van der Waals surface area contributed by atoms with E-state index in [1.807, 2.05) is 152 Å². The van der Waals surface area contributed by atoms with Gasteiger partial charge in [0.1, 0.15) is 48.3 Å². The molecule has 0 saturated carbocycles. The summed E-state index contributed by atoms with van der Waals surface area (Å²) in [5, 5.41) is 21.4. The summed E-state index contributed by atoms with van der Waals surface area (Å²) in [6.45, 7) is 14.8. The van der Waals surface area contributed by atoms with Crippen LogP contribution in [0.4, 0.5) is 0 Å². The molecule has 0 unspecified atom stereocenters. The third-order valence-corrected chi connectivity index (χ3v) is 17.6. The Morgan fingerprint density at radius 2 is 0.574 bits per heavy atom. The van der Waals surface area contributed by atoms with Crippen LogP contribution in [0.15, 0.2) is 122 Å². The average Bonchev–Trinajstić information content (AvgIpc) is 1.44. The lowest BCUT2D eigenvalue weighted by atomic mass is 9.96. The van der Waals surface area contributed by atoms with Gasteiger partial charge in [0.15, 0.2) is 0 Å². The van der Waals surface area contributed by atoms with Gasteiger partial charge in [0.2, 0.25) is 47.3 Å². The number of para-hydroxylation sites is 4. The zero-order valence-corrected chi connectivity index (χ0v) is 55.3. The van der Waals surface area contributed by atoms with Gasteiger partial charge < -0.3 is 73.1 Å². The molecule has 8 aromatic rings. The average molecular weight is 1280 g/mol. The first-order chi connectivity index (χ1) is 45.1. The molecule has 22 nitrogen and oxygen atoms in total. The largest absolute Gasteiger partial charge is 0.361 e. The van der Waals surface area contributed by atoms with Crippen molar-refractivity contribution < 1.29 is 38.4 Å². The fourth-order valence-corrected chi connectivity index (χ4v) is 13.1. The van der Waals surface area contributed by atoms with E-state index < -0.39 is 95.6 Å². The Labute approximate surface area is 549 Å². The van der Waals surface area contributed by atoms with Crippen molar-refractivity contribution in [3.8, 4) is 0 Å². The van der Waals surface area contributed by atoms with Crippen LogP contribution in [0.25, 0.3) is 43.6 Å². The minimum atomic E-state index is -1.36. The fraction of sp³-hybridized carbons (Fsp3) is 0.444. The molecule has 8 atom stereocenters. The van der Waals surface area contributed by atoms with Gasteiger partial charge in [-0.05, 0) is 95.9 Å². The van der Waals surface area contributed by atoms with Gasteiger partial charge >= 0.3 is 0 Å². The highest BCUT2D eigenvalue weighted by atomic mass is 16.2. The van der Waals surface area contributed by atoms with Gasteiger partial charge in [-0.25, -0.2) is 0 Å². The smallest absolute Gasteiger partial charge is 0.246 e. The molecule has 4 aromatic heterocycles. The first-order valence-electron chi connectivity index (χ1n) is 33.1. The zero-order valence-electron chi connectivity index (χ0n) is 55.3. The second-order valence-electron chi connectivity index (χ2n) is 26.8. The highest BCUT2D eigenvalue weighted by Gasteiger charge is 2.42. The number of rotatable bonds is 20. The Kier molecular flexibility index (Phi) is 23.2. The fourth-order valence-electron chi connectivity index (χ4n) is 13.1. The number of nitrogens with zero attached hydrogens (tertiary/aromatic N) is 2. The Hall–Kier alpha value is -9.28. The van der Waals surface area contributed by atoms with E-state index >= 15 is 38.4 Å². The quantitative estimate of drug-likeness (QED) is 0.0404. The van der Waals surface area contributed by atoms with Crippen molar-refractivity contribution in [3.63, 3.8) is 0 Å². The monoisotopic (exact) mass is 1280 g/mol. The standard InChI is InChI=1S/C72H94N14O8/c1-41(2)29-57-65(87)83-61(35-47-39-77-55-23-15-11-19-51(47)55)71(93)85(27-25-73)64(32-44(7)8)70(92)82-60(34-46-38-76-54-22-14-10-18-50(46)54)68(90)80-58(30-42(3)4)66(88)84-62(36-48-40-78-56-24-16-12-20-52(48)56)72(94)86(28-26-74)63(31-43(5)6)69(91)81-59(67(89)79-57)33-45-37-75-53-21-13-9-17-49(45)53/h9-24,37-44,57-64,75-78H,25-36,73-74H2,1-8H3,(H,79,89)(H,80,90)(H,81,91)(H,82,92)(H,83,87)(H,84,88)/t57-,58-,59+,60+,61+,62+,63-,64-/m1/s1. The van der Waals surface area contributed by atoms with Crippen molar-refractivity contribution in [2.24, 2.45) is 35.1 Å². The van der Waals surface area contributed by atoms with Crippen molar-refractivity contribution in [2.45, 2.75) is 155 Å². The van der Waals surface area contributed by atoms with Crippen molar-refractivity contribution in [1.82, 2.24) is 61.6 Å². The molecule has 5 heterocycles. The number of aromatic nitrogens is 4. The Bertz CT molecular complexity index is 3700. The van der Waals surface area contributed by atoms with Crippen LogP contribution in [0, 0.1) is 23.7 Å². The molecule has 0 radical (unpaired) electrons. The van der Waals surface area contributed by atoms with Crippen LogP contribution in [0.1, 0.15) is 103 Å². The van der Waals surface area contributed by atoms with Gasteiger partial charge in [-0.2, -0.15) is 0 Å². The van der Waals surface area contributed by atoms with E-state index in [1.54, 1.807) is 24.8 Å². The SMILES string of the molecule is CC(C)C[C@@H]1C(=O)N[C@@H](Cc2c[nH]c3ccccc23)C(=O)N[C@H](CC(C)C)C(=O)N[C@@H](Cc2c[nH]c3ccccc23)C(=O)N(CCN)[C@H](CC(C)C)C(=O)N[C@@H](Cc2c[nH]c3ccccc23)C(=O)N[C@H](CC(C)C)C(=O)N[C@@H](Cc2c[nH]c3ccccc23)C(=O)N1CCN. The molecule has 500 valence electrons. The summed E-state index contributed by atoms with van der Waals surface area (Å²) in [6, 6.07) is 19.6. The van der Waals surface area contributed by atoms with E-state index in [0.29, 0.717) is 22.3 Å². The molecule has 1 saturated heterocycles. The van der Waals surface area contributed by atoms with Crippen LogP contribution >= 0.6 is 0 Å². The van der Waals surface area contributed by atoms with Gasteiger partial charge in [-0.3, -0.25) is 38.4 Å². The summed E-state index contributed by atoms with van der Waals surface area (Å²) in [6.07, 6.45) is 7.24. The summed E-state index contributed by atoms with van der Waals surface area (Å²) in [4.78, 5) is 141. The highest BCUT2D eigenvalue weighted by molar-refractivity contribution is 6.00. The minimum absolute atomic E-state index is 0.0588. The topological polar surface area (TPSA) is 330 Å². The Morgan fingerprint density at radius 3 is 0.851 bits per heavy atom. The number of carbonyl (C=O) groups is 8. The van der Waals surface area contributed by atoms with Crippen LogP contribution in [0.2, 0.25) is 0 Å². The molecule has 14 N–H and O–H groups in total. The summed E-state index contributed by atoms with van der Waals surface area (Å²) < 4.78 is 0. The number of nitrogens with one attached hydrogen (secondary N) is 10. The van der Waals surface area contributed by atoms with E-state index in [-0.39, 0.29) is 101 Å². The Balaban J connectivity index is 1.20. The minimum Gasteiger partial charge on any atom is -0.361 e. The molecule has 22 heteroatoms. The maximum Gasteiger partial charge on any atom is 0.246 e. The predicted molar refractivity (Wildman–Crippen MR) is 367 cm³/mol. The number of H-pyrrole nitrogens is 4. The van der Waals surface area contributed by atoms with Crippen LogP contribution in [0.5, 0.6) is 0 Å². The molecule has 94 heavy (non-hydrogen) atoms. The molecule has 1 fully saturated rings. The number of nitrogens with two attached hydrogens (primary N) is 2. The molecule has 1 aliphatic rings. The molecule has 4 aromatic carbocycles. The summed E-state index contributed by atoms with van der Waals surface area (Å²) >= 11 is 0. The van der Waals surface area contributed by atoms with E-state index in [4.69, 9.17) is 11.5 Å². The van der Waals surface area contributed by atoms with E-state index in [2.05, 4.69) is 51.8 Å². The van der Waals surface area contributed by atoms with Gasteiger partial charge in [0.25, 0.3) is 0 Å². The zero-order chi connectivity index (χ0) is 67.3. The maximum atomic E-state index is 15.9. The van der Waals surface area contributed by atoms with Crippen LogP contribution < -0.4 is 43.4 Å². The molecule has 8 amide bonds. The maximum absolute atomic E-state index is 15.9. The van der Waals surface area contributed by atoms with Crippen LogP contribution in [-0.2, 0) is 64.0 Å². The first-order valence-corrected chi connectivity index (χ1v) is 33.1. The predicted octanol–water partition coefficient (Wildman–Crippen LogP) is 6.30. The highest BCUT2D eigenvalue weighted by Crippen LogP contribution is 2.27. The number of hydrogen-bond donors (Lipinski definition) is 12. The van der Waals surface area contributed by atoms with Gasteiger partial charge in [0.05, 0.1) is 0 Å². The lowest BCUT2D eigenvalue weighted by molar-refractivity contribution is -0.145. The molecular weight excluding hydrogens is 1190 g/mol.